The second-order valence-corrected chi connectivity index (χ2v) is 8.92. The van der Waals surface area contributed by atoms with E-state index in [2.05, 4.69) is 28.5 Å². The van der Waals surface area contributed by atoms with Crippen molar-refractivity contribution in [2.45, 2.75) is 24.8 Å². The maximum Gasteiger partial charge on any atom is 0.270 e. The molecule has 0 amide bonds. The fourth-order valence-corrected chi connectivity index (χ4v) is 3.97. The minimum Gasteiger partial charge on any atom is -0.258 e. The summed E-state index contributed by atoms with van der Waals surface area (Å²) >= 11 is 5.88. The molecule has 0 aliphatic rings. The Balaban J connectivity index is 1.84. The molecule has 4 aromatic rings. The Hall–Kier alpha value is -2.97. The van der Waals surface area contributed by atoms with Crippen LogP contribution in [0.5, 0.6) is 0 Å². The van der Waals surface area contributed by atoms with Crippen molar-refractivity contribution in [3.05, 3.63) is 72.3 Å². The van der Waals surface area contributed by atoms with Gasteiger partial charge < -0.3 is 0 Å². The van der Waals surface area contributed by atoms with Crippen LogP contribution in [0.2, 0.25) is 5.02 Å². The molecule has 7 nitrogen and oxygen atoms in total. The maximum atomic E-state index is 12.9. The van der Waals surface area contributed by atoms with Crippen LogP contribution in [0.15, 0.2) is 72.1 Å². The molecule has 0 saturated carbocycles. The lowest BCUT2D eigenvalue weighted by Gasteiger charge is -2.10. The predicted octanol–water partition coefficient (Wildman–Crippen LogP) is 3.74. The molecule has 0 aliphatic heterocycles. The molecule has 0 atom stereocenters. The van der Waals surface area contributed by atoms with E-state index in [-0.39, 0.29) is 16.8 Å². The first kappa shape index (κ1) is 19.4. The molecule has 0 bridgehead atoms. The summed E-state index contributed by atoms with van der Waals surface area (Å²) in [4.78, 5) is 9.26. The van der Waals surface area contributed by atoms with Crippen LogP contribution in [-0.4, -0.2) is 23.0 Å². The molecule has 0 aliphatic carbocycles. The predicted molar refractivity (Wildman–Crippen MR) is 112 cm³/mol. The number of fused-ring (bicyclic) bond motifs is 1. The number of nitrogens with zero attached hydrogens (tertiary/aromatic N) is 4. The second kappa shape index (κ2) is 7.46. The summed E-state index contributed by atoms with van der Waals surface area (Å²) in [6, 6.07) is 13.5. The summed E-state index contributed by atoms with van der Waals surface area (Å²) in [6.45, 7) is 4.11. The molecule has 0 spiro atoms. The lowest BCUT2D eigenvalue weighted by atomic mass is 10.3. The van der Waals surface area contributed by atoms with E-state index in [0.29, 0.717) is 21.9 Å². The Bertz CT molecular complexity index is 1280. The van der Waals surface area contributed by atoms with Gasteiger partial charge in [-0.1, -0.05) is 23.7 Å². The van der Waals surface area contributed by atoms with E-state index in [0.717, 1.165) is 0 Å². The molecule has 1 N–H and O–H groups in total. The fourth-order valence-electron chi connectivity index (χ4n) is 2.84. The van der Waals surface area contributed by atoms with Gasteiger partial charge in [-0.25, -0.2) is 23.0 Å². The van der Waals surface area contributed by atoms with Crippen molar-refractivity contribution in [2.24, 2.45) is 0 Å². The second-order valence-electron chi connectivity index (χ2n) is 6.81. The third kappa shape index (κ3) is 3.94. The summed E-state index contributed by atoms with van der Waals surface area (Å²) in [7, 11) is -3.87. The number of para-hydroxylation sites is 2. The zero-order valence-electron chi connectivity index (χ0n) is 15.8. The van der Waals surface area contributed by atoms with Crippen LogP contribution >= 0.6 is 11.6 Å². The average Bonchev–Trinajstić information content (AvgIpc) is 3.18. The number of sulfonamides is 1. The first-order chi connectivity index (χ1) is 13.8. The molecule has 2 aromatic heterocycles. The number of hydrogen-bond acceptors (Lipinski definition) is 4. The van der Waals surface area contributed by atoms with Crippen LogP contribution in [0.1, 0.15) is 19.9 Å². The smallest absolute Gasteiger partial charge is 0.258 e. The first-order valence-electron chi connectivity index (χ1n) is 8.98. The number of halogens is 1. The monoisotopic (exact) mass is 428 g/mol. The summed E-state index contributed by atoms with van der Waals surface area (Å²) in [6.07, 6.45) is 5.57. The van der Waals surface area contributed by atoms with Gasteiger partial charge in [0.1, 0.15) is 12.4 Å². The first-order valence-corrected chi connectivity index (χ1v) is 10.8. The van der Waals surface area contributed by atoms with Crippen LogP contribution in [0, 0.1) is 0 Å². The van der Waals surface area contributed by atoms with Gasteiger partial charge in [0.15, 0.2) is 0 Å². The van der Waals surface area contributed by atoms with Crippen LogP contribution in [0.25, 0.3) is 16.9 Å². The van der Waals surface area contributed by atoms with Crippen molar-refractivity contribution in [1.29, 1.82) is 0 Å². The van der Waals surface area contributed by atoms with Gasteiger partial charge in [-0.2, -0.15) is 4.57 Å². The molecule has 0 fully saturated rings. The average molecular weight is 429 g/mol. The largest absolute Gasteiger partial charge is 0.270 e. The Kier molecular flexibility index (Phi) is 4.97. The van der Waals surface area contributed by atoms with Gasteiger partial charge in [0, 0.05) is 5.02 Å². The van der Waals surface area contributed by atoms with Crippen molar-refractivity contribution in [2.75, 3.05) is 4.72 Å². The van der Waals surface area contributed by atoms with Gasteiger partial charge in [0.2, 0.25) is 5.82 Å². The van der Waals surface area contributed by atoms with Gasteiger partial charge in [0.05, 0.1) is 22.0 Å². The number of anilines is 1. The zero-order chi connectivity index (χ0) is 20.6. The topological polar surface area (TPSA) is 80.8 Å². The Labute approximate surface area is 173 Å². The van der Waals surface area contributed by atoms with Crippen molar-refractivity contribution in [3.63, 3.8) is 0 Å². The van der Waals surface area contributed by atoms with Crippen LogP contribution in [-0.2, 0) is 10.0 Å². The van der Waals surface area contributed by atoms with Crippen LogP contribution in [0.4, 0.5) is 5.82 Å². The maximum absolute atomic E-state index is 12.9. The molecule has 0 saturated heterocycles. The third-order valence-electron chi connectivity index (χ3n) is 4.41. The molecule has 9 heteroatoms. The van der Waals surface area contributed by atoms with Gasteiger partial charge in [0.25, 0.3) is 22.2 Å². The van der Waals surface area contributed by atoms with Crippen molar-refractivity contribution in [3.8, 4) is 5.82 Å². The Morgan fingerprint density at radius 2 is 1.69 bits per heavy atom. The number of nitrogens with one attached hydrogen (secondary N) is 1. The molecule has 2 aromatic carbocycles. The molecular weight excluding hydrogens is 410 g/mol. The van der Waals surface area contributed by atoms with Gasteiger partial charge in [-0.15, -0.1) is 0 Å². The van der Waals surface area contributed by atoms with E-state index in [1.54, 1.807) is 10.6 Å². The molecule has 2 heterocycles. The van der Waals surface area contributed by atoms with Crippen molar-refractivity contribution in [1.82, 2.24) is 14.5 Å². The number of imidazole rings is 1. The highest BCUT2D eigenvalue weighted by atomic mass is 35.5. The van der Waals surface area contributed by atoms with Crippen LogP contribution in [0.3, 0.4) is 0 Å². The highest BCUT2D eigenvalue weighted by molar-refractivity contribution is 7.92. The fraction of sp³-hybridized carbons (Fsp3) is 0.150. The standard InChI is InChI=1S/C20H19ClN5O2S/c1-14(2)25-11-12-26(13-25)20-19(22-17-5-3-4-6-18(17)23-20)24-29(27,28)16-9-7-15(21)8-10-16/h3-14H,1-2H3,(H,22,24)/q+1. The molecule has 29 heavy (non-hydrogen) atoms. The quantitative estimate of drug-likeness (QED) is 0.491. The summed E-state index contributed by atoms with van der Waals surface area (Å²) in [5.41, 5.74) is 1.26. The van der Waals surface area contributed by atoms with E-state index in [1.165, 1.54) is 24.3 Å². The van der Waals surface area contributed by atoms with Gasteiger partial charge >= 0.3 is 0 Å². The highest BCUT2D eigenvalue weighted by Crippen LogP contribution is 2.24. The summed E-state index contributed by atoms with van der Waals surface area (Å²) < 4.78 is 32.1. The van der Waals surface area contributed by atoms with E-state index in [9.17, 15) is 8.42 Å². The normalized spacial score (nSPS) is 11.9. The lowest BCUT2D eigenvalue weighted by Crippen LogP contribution is -2.33. The minimum absolute atomic E-state index is 0.0903. The van der Waals surface area contributed by atoms with Crippen molar-refractivity contribution < 1.29 is 13.0 Å². The van der Waals surface area contributed by atoms with E-state index < -0.39 is 10.0 Å². The number of rotatable bonds is 5. The minimum atomic E-state index is -3.87. The number of hydrogen-bond donors (Lipinski definition) is 1. The summed E-state index contributed by atoms with van der Waals surface area (Å²) in [5, 5.41) is 0.459. The van der Waals surface area contributed by atoms with E-state index >= 15 is 0 Å². The van der Waals surface area contributed by atoms with Crippen LogP contribution < -0.4 is 9.29 Å². The Morgan fingerprint density at radius 1 is 1.03 bits per heavy atom. The van der Waals surface area contributed by atoms with E-state index in [1.807, 2.05) is 41.5 Å². The zero-order valence-corrected chi connectivity index (χ0v) is 17.4. The molecular formula is C20H19ClN5O2S+. The lowest BCUT2D eigenvalue weighted by molar-refractivity contribution is -0.715. The third-order valence-corrected chi connectivity index (χ3v) is 6.01. The van der Waals surface area contributed by atoms with Crippen molar-refractivity contribution >= 4 is 38.5 Å². The molecule has 0 radical (unpaired) electrons. The Morgan fingerprint density at radius 3 is 2.31 bits per heavy atom. The molecule has 4 rings (SSSR count). The summed E-state index contributed by atoms with van der Waals surface area (Å²) in [5.74, 6) is 0.533. The number of benzene rings is 2. The molecule has 0 unspecified atom stereocenters. The SMILES string of the molecule is CC(C)[n+]1ccn(-c2nc3ccccc3nc2NS(=O)(=O)c2ccc(Cl)cc2)c1. The highest BCUT2D eigenvalue weighted by Gasteiger charge is 2.23. The molecule has 148 valence electrons. The number of aromatic nitrogens is 4. The van der Waals surface area contributed by atoms with Gasteiger partial charge in [-0.3, -0.25) is 4.72 Å². The van der Waals surface area contributed by atoms with Gasteiger partial charge in [-0.05, 0) is 50.2 Å². The van der Waals surface area contributed by atoms with E-state index in [4.69, 9.17) is 11.6 Å².